The van der Waals surface area contributed by atoms with Crippen molar-refractivity contribution in [3.8, 4) is 6.07 Å². The zero-order valence-electron chi connectivity index (χ0n) is 10.7. The first-order valence-corrected chi connectivity index (χ1v) is 6.61. The summed E-state index contributed by atoms with van der Waals surface area (Å²) in [5, 5.41) is 13.0. The predicted octanol–water partition coefficient (Wildman–Crippen LogP) is 0.524. The van der Waals surface area contributed by atoms with E-state index in [2.05, 4.69) is 5.10 Å². The minimum absolute atomic E-state index is 0.0960. The van der Waals surface area contributed by atoms with Crippen molar-refractivity contribution in [3.63, 3.8) is 0 Å². The van der Waals surface area contributed by atoms with Gasteiger partial charge in [-0.3, -0.25) is 9.48 Å². The van der Waals surface area contributed by atoms with Gasteiger partial charge in [-0.05, 0) is 18.9 Å². The number of aromatic nitrogens is 2. The van der Waals surface area contributed by atoms with Gasteiger partial charge in [0, 0.05) is 25.7 Å². The van der Waals surface area contributed by atoms with Gasteiger partial charge in [-0.2, -0.15) is 10.4 Å². The Morgan fingerprint density at radius 1 is 1.42 bits per heavy atom. The molecule has 3 rings (SSSR count). The van der Waals surface area contributed by atoms with E-state index in [0.29, 0.717) is 38.5 Å². The number of nitrogens with zero attached hydrogens (tertiary/aromatic N) is 4. The molecular weight excluding hydrogens is 244 g/mol. The van der Waals surface area contributed by atoms with E-state index in [4.69, 9.17) is 10.00 Å². The van der Waals surface area contributed by atoms with Gasteiger partial charge in [0.2, 0.25) is 5.91 Å². The highest BCUT2D eigenvalue weighted by Gasteiger charge is 2.29. The molecule has 0 aromatic carbocycles. The number of hydrogen-bond acceptors (Lipinski definition) is 4. The van der Waals surface area contributed by atoms with E-state index in [1.807, 2.05) is 15.7 Å². The molecule has 0 radical (unpaired) electrons. The summed E-state index contributed by atoms with van der Waals surface area (Å²) in [6, 6.07) is 3.81. The molecule has 0 N–H and O–H groups in total. The number of carbonyl (C=O) groups is 1. The van der Waals surface area contributed by atoms with Crippen LogP contribution in [-0.4, -0.2) is 40.3 Å². The summed E-state index contributed by atoms with van der Waals surface area (Å²) in [5.74, 6) is 0.313. The topological polar surface area (TPSA) is 71.2 Å². The van der Waals surface area contributed by atoms with Gasteiger partial charge in [0.25, 0.3) is 0 Å². The summed E-state index contributed by atoms with van der Waals surface area (Å²) < 4.78 is 7.12. The lowest BCUT2D eigenvalue weighted by Gasteiger charge is -2.32. The molecule has 100 valence electrons. The third-order valence-electron chi connectivity index (χ3n) is 3.79. The molecule has 1 saturated heterocycles. The normalized spacial score (nSPS) is 19.8. The molecular formula is C13H16N4O2. The fourth-order valence-corrected chi connectivity index (χ4v) is 2.71. The minimum Gasteiger partial charge on any atom is -0.381 e. The van der Waals surface area contributed by atoms with Crippen LogP contribution in [0.5, 0.6) is 0 Å². The first kappa shape index (κ1) is 12.2. The second kappa shape index (κ2) is 5.02. The van der Waals surface area contributed by atoms with Crippen molar-refractivity contribution < 1.29 is 9.53 Å². The Labute approximate surface area is 111 Å². The molecule has 19 heavy (non-hydrogen) atoms. The van der Waals surface area contributed by atoms with Gasteiger partial charge in [-0.25, -0.2) is 0 Å². The van der Waals surface area contributed by atoms with Gasteiger partial charge in [0.05, 0.1) is 18.8 Å². The number of hydrogen-bond donors (Lipinski definition) is 0. The van der Waals surface area contributed by atoms with Gasteiger partial charge < -0.3 is 9.64 Å². The van der Waals surface area contributed by atoms with E-state index >= 15 is 0 Å². The van der Waals surface area contributed by atoms with Crippen LogP contribution in [0.25, 0.3) is 0 Å². The van der Waals surface area contributed by atoms with E-state index in [0.717, 1.165) is 18.5 Å². The molecule has 0 saturated carbocycles. The molecule has 0 atom stereocenters. The van der Waals surface area contributed by atoms with Crippen molar-refractivity contribution in [1.29, 1.82) is 5.26 Å². The largest absolute Gasteiger partial charge is 0.381 e. The standard InChI is InChI=1S/C13H16N4O2/c14-8-11-7-12-9-16(3-4-17(12)15-11)13(18)10-1-5-19-6-2-10/h7,10H,1-6,9H2. The van der Waals surface area contributed by atoms with Crippen LogP contribution in [0.1, 0.15) is 24.2 Å². The number of rotatable bonds is 1. The molecule has 1 aromatic heterocycles. The Balaban J connectivity index is 1.70. The van der Waals surface area contributed by atoms with Crippen LogP contribution in [0.2, 0.25) is 0 Å². The van der Waals surface area contributed by atoms with Crippen molar-refractivity contribution in [2.24, 2.45) is 5.92 Å². The minimum atomic E-state index is 0.0960. The summed E-state index contributed by atoms with van der Waals surface area (Å²) in [6.45, 7) is 3.27. The Hall–Kier alpha value is -1.87. The van der Waals surface area contributed by atoms with Crippen molar-refractivity contribution >= 4 is 5.91 Å². The smallest absolute Gasteiger partial charge is 0.226 e. The molecule has 2 aliphatic heterocycles. The molecule has 3 heterocycles. The SMILES string of the molecule is N#Cc1cc2n(n1)CCN(C(=O)C1CCOCC1)C2. The number of ether oxygens (including phenoxy) is 1. The van der Waals surface area contributed by atoms with Crippen molar-refractivity contribution in [3.05, 3.63) is 17.5 Å². The summed E-state index contributed by atoms with van der Waals surface area (Å²) >= 11 is 0. The highest BCUT2D eigenvalue weighted by atomic mass is 16.5. The summed E-state index contributed by atoms with van der Waals surface area (Å²) in [7, 11) is 0. The molecule has 6 nitrogen and oxygen atoms in total. The predicted molar refractivity (Wildman–Crippen MR) is 65.9 cm³/mol. The van der Waals surface area contributed by atoms with Crippen LogP contribution in [0.4, 0.5) is 0 Å². The Morgan fingerprint density at radius 3 is 2.95 bits per heavy atom. The summed E-state index contributed by atoms with van der Waals surface area (Å²) in [6.07, 6.45) is 1.64. The van der Waals surface area contributed by atoms with Gasteiger partial charge in [-0.1, -0.05) is 0 Å². The van der Waals surface area contributed by atoms with Gasteiger partial charge in [-0.15, -0.1) is 0 Å². The number of fused-ring (bicyclic) bond motifs is 1. The molecule has 6 heteroatoms. The fourth-order valence-electron chi connectivity index (χ4n) is 2.71. The third kappa shape index (κ3) is 2.34. The third-order valence-corrected chi connectivity index (χ3v) is 3.79. The zero-order valence-corrected chi connectivity index (χ0v) is 10.7. The summed E-state index contributed by atoms with van der Waals surface area (Å²) in [4.78, 5) is 14.3. The Bertz CT molecular complexity index is 525. The van der Waals surface area contributed by atoms with E-state index in [-0.39, 0.29) is 11.8 Å². The average molecular weight is 260 g/mol. The molecule has 0 unspecified atom stereocenters. The van der Waals surface area contributed by atoms with E-state index in [1.54, 1.807) is 6.07 Å². The van der Waals surface area contributed by atoms with Crippen LogP contribution in [0, 0.1) is 17.2 Å². The first-order valence-electron chi connectivity index (χ1n) is 6.61. The van der Waals surface area contributed by atoms with Crippen molar-refractivity contribution in [2.45, 2.75) is 25.9 Å². The first-order chi connectivity index (χ1) is 9.28. The zero-order chi connectivity index (χ0) is 13.2. The lowest BCUT2D eigenvalue weighted by molar-refractivity contribution is -0.140. The molecule has 0 spiro atoms. The second-order valence-electron chi connectivity index (χ2n) is 5.00. The number of nitriles is 1. The molecule has 0 bridgehead atoms. The maximum atomic E-state index is 12.4. The van der Waals surface area contributed by atoms with Gasteiger partial charge >= 0.3 is 0 Å². The maximum Gasteiger partial charge on any atom is 0.226 e. The highest BCUT2D eigenvalue weighted by Crippen LogP contribution is 2.21. The van der Waals surface area contributed by atoms with E-state index in [9.17, 15) is 4.79 Å². The number of amides is 1. The Kier molecular flexibility index (Phi) is 3.22. The van der Waals surface area contributed by atoms with E-state index in [1.165, 1.54) is 0 Å². The summed E-state index contributed by atoms with van der Waals surface area (Å²) in [5.41, 5.74) is 1.37. The van der Waals surface area contributed by atoms with E-state index < -0.39 is 0 Å². The van der Waals surface area contributed by atoms with Crippen LogP contribution < -0.4 is 0 Å². The molecule has 1 amide bonds. The monoisotopic (exact) mass is 260 g/mol. The molecule has 1 fully saturated rings. The highest BCUT2D eigenvalue weighted by molar-refractivity contribution is 5.79. The van der Waals surface area contributed by atoms with Crippen molar-refractivity contribution in [2.75, 3.05) is 19.8 Å². The second-order valence-corrected chi connectivity index (χ2v) is 5.00. The quantitative estimate of drug-likeness (QED) is 0.738. The van der Waals surface area contributed by atoms with Crippen LogP contribution >= 0.6 is 0 Å². The average Bonchev–Trinajstić information content (AvgIpc) is 2.89. The fraction of sp³-hybridized carbons (Fsp3) is 0.615. The molecule has 2 aliphatic rings. The van der Waals surface area contributed by atoms with Crippen LogP contribution in [0.3, 0.4) is 0 Å². The van der Waals surface area contributed by atoms with Gasteiger partial charge in [0.15, 0.2) is 5.69 Å². The lowest BCUT2D eigenvalue weighted by Crippen LogP contribution is -2.42. The Morgan fingerprint density at radius 2 is 2.21 bits per heavy atom. The number of carbonyl (C=O) groups excluding carboxylic acids is 1. The van der Waals surface area contributed by atoms with Gasteiger partial charge in [0.1, 0.15) is 6.07 Å². The molecule has 0 aliphatic carbocycles. The van der Waals surface area contributed by atoms with Crippen LogP contribution in [-0.2, 0) is 22.6 Å². The lowest BCUT2D eigenvalue weighted by atomic mass is 9.98. The molecule has 1 aromatic rings. The van der Waals surface area contributed by atoms with Crippen LogP contribution in [0.15, 0.2) is 6.07 Å². The maximum absolute atomic E-state index is 12.4. The van der Waals surface area contributed by atoms with Crippen molar-refractivity contribution in [1.82, 2.24) is 14.7 Å².